The minimum absolute atomic E-state index is 0.0226. The zero-order chi connectivity index (χ0) is 18.0. The molecule has 2 saturated heterocycles. The summed E-state index contributed by atoms with van der Waals surface area (Å²) in [5.41, 5.74) is 0.364. The summed E-state index contributed by atoms with van der Waals surface area (Å²) in [6.07, 6.45) is 5.16. The molecule has 7 heteroatoms. The van der Waals surface area contributed by atoms with Crippen molar-refractivity contribution in [2.24, 2.45) is 0 Å². The summed E-state index contributed by atoms with van der Waals surface area (Å²) in [4.78, 5) is 27.8. The van der Waals surface area contributed by atoms with Crippen molar-refractivity contribution in [3.63, 3.8) is 0 Å². The monoisotopic (exact) mass is 342 g/mol. The van der Waals surface area contributed by atoms with Crippen LogP contribution in [0.3, 0.4) is 0 Å². The van der Waals surface area contributed by atoms with Gasteiger partial charge in [0, 0.05) is 50.7 Å². The van der Waals surface area contributed by atoms with Crippen molar-refractivity contribution in [1.82, 2.24) is 19.8 Å². The molecule has 2 aliphatic heterocycles. The fourth-order valence-corrected chi connectivity index (χ4v) is 3.97. The molecule has 2 atom stereocenters. The van der Waals surface area contributed by atoms with Crippen molar-refractivity contribution in [2.45, 2.75) is 51.7 Å². The molecule has 1 amide bonds. The van der Waals surface area contributed by atoms with Crippen LogP contribution in [0.25, 0.3) is 0 Å². The second kappa shape index (κ2) is 7.36. The third-order valence-corrected chi connectivity index (χ3v) is 5.23. The van der Waals surface area contributed by atoms with Gasteiger partial charge in [-0.1, -0.05) is 0 Å². The van der Waals surface area contributed by atoms with Gasteiger partial charge in [0.2, 0.25) is 5.91 Å². The predicted molar refractivity (Wildman–Crippen MR) is 95.0 cm³/mol. The molecule has 0 saturated carbocycles. The number of hydrogen-bond acceptors (Lipinski definition) is 6. The zero-order valence-electron chi connectivity index (χ0n) is 15.2. The van der Waals surface area contributed by atoms with Gasteiger partial charge in [-0.15, -0.1) is 0 Å². The van der Waals surface area contributed by atoms with Crippen LogP contribution in [0.1, 0.15) is 39.3 Å². The number of carbonyl (C=O) groups excluding carboxylic acids is 1. The van der Waals surface area contributed by atoms with Crippen molar-refractivity contribution >= 4 is 11.7 Å². The lowest BCUT2D eigenvalue weighted by Gasteiger charge is -2.47. The molecule has 0 unspecified atom stereocenters. The van der Waals surface area contributed by atoms with Gasteiger partial charge in [0.25, 0.3) is 0 Å². The molecule has 3 heterocycles. The van der Waals surface area contributed by atoms with Crippen molar-refractivity contribution in [2.75, 3.05) is 31.1 Å². The third-order valence-electron chi connectivity index (χ3n) is 5.23. The first-order chi connectivity index (χ1) is 12.0. The van der Waals surface area contributed by atoms with Gasteiger partial charge in [-0.2, -0.15) is 5.26 Å². The lowest BCUT2D eigenvalue weighted by molar-refractivity contribution is -0.143. The molecular weight excluding hydrogens is 316 g/mol. The number of amides is 1. The molecule has 1 aromatic rings. The number of nitrogens with zero attached hydrogens (tertiary/aromatic N) is 6. The fraction of sp³-hybridized carbons (Fsp3) is 0.667. The Morgan fingerprint density at radius 1 is 1.24 bits per heavy atom. The van der Waals surface area contributed by atoms with Gasteiger partial charge in [0.15, 0.2) is 11.5 Å². The molecule has 0 spiro atoms. The molecule has 0 radical (unpaired) electrons. The molecule has 134 valence electrons. The SMILES string of the molecule is CC(C)N1CCC[C@H](N2CCN(c3nccnc3C#N)C[C@@H]2C)C1=O. The van der Waals surface area contributed by atoms with E-state index in [-0.39, 0.29) is 24.0 Å². The smallest absolute Gasteiger partial charge is 0.240 e. The van der Waals surface area contributed by atoms with E-state index in [0.717, 1.165) is 39.0 Å². The second-order valence-electron chi connectivity index (χ2n) is 7.16. The number of anilines is 1. The van der Waals surface area contributed by atoms with E-state index in [0.29, 0.717) is 11.5 Å². The minimum Gasteiger partial charge on any atom is -0.351 e. The number of nitriles is 1. The number of likely N-dealkylation sites (tertiary alicyclic amines) is 1. The van der Waals surface area contributed by atoms with Gasteiger partial charge in [-0.25, -0.2) is 9.97 Å². The highest BCUT2D eigenvalue weighted by atomic mass is 16.2. The number of rotatable bonds is 3. The molecule has 2 aliphatic rings. The number of aromatic nitrogens is 2. The maximum atomic E-state index is 12.9. The minimum atomic E-state index is -0.0226. The first-order valence-corrected chi connectivity index (χ1v) is 9.05. The standard InChI is InChI=1S/C18H26N6O/c1-13(2)23-8-4-5-16(18(23)25)24-10-9-22(12-14(24)3)17-15(11-19)20-6-7-21-17/h6-7,13-14,16H,4-5,8-10,12H2,1-3H3/t14-,16-/m0/s1. The largest absolute Gasteiger partial charge is 0.351 e. The van der Waals surface area contributed by atoms with Crippen LogP contribution >= 0.6 is 0 Å². The van der Waals surface area contributed by atoms with E-state index >= 15 is 0 Å². The zero-order valence-corrected chi connectivity index (χ0v) is 15.2. The van der Waals surface area contributed by atoms with Gasteiger partial charge in [0.05, 0.1) is 6.04 Å². The molecule has 2 fully saturated rings. The van der Waals surface area contributed by atoms with Crippen molar-refractivity contribution in [1.29, 1.82) is 5.26 Å². The predicted octanol–water partition coefficient (Wildman–Crippen LogP) is 1.26. The summed E-state index contributed by atoms with van der Waals surface area (Å²) in [6.45, 7) is 9.48. The second-order valence-corrected chi connectivity index (χ2v) is 7.16. The molecule has 0 N–H and O–H groups in total. The molecular formula is C18H26N6O. The molecule has 7 nitrogen and oxygen atoms in total. The molecule has 3 rings (SSSR count). The van der Waals surface area contributed by atoms with Gasteiger partial charge in [-0.05, 0) is 33.6 Å². The topological polar surface area (TPSA) is 76.4 Å². The Bertz CT molecular complexity index is 670. The van der Waals surface area contributed by atoms with E-state index in [9.17, 15) is 10.1 Å². The van der Waals surface area contributed by atoms with Crippen LogP contribution in [0.4, 0.5) is 5.82 Å². The highest BCUT2D eigenvalue weighted by Gasteiger charge is 2.38. The average Bonchev–Trinajstić information content (AvgIpc) is 2.62. The Kier molecular flexibility index (Phi) is 5.19. The summed E-state index contributed by atoms with van der Waals surface area (Å²) in [6, 6.07) is 2.57. The molecule has 0 bridgehead atoms. The maximum absolute atomic E-state index is 12.9. The van der Waals surface area contributed by atoms with E-state index in [4.69, 9.17) is 0 Å². The molecule has 25 heavy (non-hydrogen) atoms. The van der Waals surface area contributed by atoms with Gasteiger partial charge < -0.3 is 9.80 Å². The summed E-state index contributed by atoms with van der Waals surface area (Å²) in [5, 5.41) is 9.25. The van der Waals surface area contributed by atoms with Gasteiger partial charge in [0.1, 0.15) is 6.07 Å². The fourth-order valence-electron chi connectivity index (χ4n) is 3.97. The van der Waals surface area contributed by atoms with Gasteiger partial charge >= 0.3 is 0 Å². The van der Waals surface area contributed by atoms with Crippen LogP contribution in [-0.2, 0) is 4.79 Å². The van der Waals surface area contributed by atoms with Crippen LogP contribution < -0.4 is 4.90 Å². The number of carbonyl (C=O) groups is 1. The molecule has 1 aromatic heterocycles. The van der Waals surface area contributed by atoms with Crippen molar-refractivity contribution < 1.29 is 4.79 Å². The maximum Gasteiger partial charge on any atom is 0.240 e. The Labute approximate surface area is 149 Å². The van der Waals surface area contributed by atoms with E-state index in [1.807, 2.05) is 4.90 Å². The van der Waals surface area contributed by atoms with Crippen LogP contribution in [0.15, 0.2) is 12.4 Å². The third kappa shape index (κ3) is 3.45. The average molecular weight is 342 g/mol. The summed E-state index contributed by atoms with van der Waals surface area (Å²) in [7, 11) is 0. The first-order valence-electron chi connectivity index (χ1n) is 9.05. The summed E-state index contributed by atoms with van der Waals surface area (Å²) in [5.74, 6) is 0.911. The highest BCUT2D eigenvalue weighted by Crippen LogP contribution is 2.25. The van der Waals surface area contributed by atoms with Crippen molar-refractivity contribution in [3.05, 3.63) is 18.1 Å². The number of hydrogen-bond donors (Lipinski definition) is 0. The number of piperidine rings is 1. The van der Waals surface area contributed by atoms with E-state index < -0.39 is 0 Å². The number of piperazine rings is 1. The van der Waals surface area contributed by atoms with E-state index in [1.54, 1.807) is 12.4 Å². The Hall–Kier alpha value is -2.20. The Morgan fingerprint density at radius 3 is 2.68 bits per heavy atom. The summed E-state index contributed by atoms with van der Waals surface area (Å²) < 4.78 is 0. The highest BCUT2D eigenvalue weighted by molar-refractivity contribution is 5.83. The van der Waals surface area contributed by atoms with Crippen LogP contribution in [0, 0.1) is 11.3 Å². The molecule has 0 aromatic carbocycles. The molecule has 0 aliphatic carbocycles. The Morgan fingerprint density at radius 2 is 2.00 bits per heavy atom. The van der Waals surface area contributed by atoms with E-state index in [2.05, 4.69) is 46.6 Å². The van der Waals surface area contributed by atoms with Gasteiger partial charge in [-0.3, -0.25) is 9.69 Å². The van der Waals surface area contributed by atoms with Crippen molar-refractivity contribution in [3.8, 4) is 6.07 Å². The lowest BCUT2D eigenvalue weighted by Crippen LogP contribution is -2.62. The quantitative estimate of drug-likeness (QED) is 0.823. The van der Waals surface area contributed by atoms with Crippen LogP contribution in [0.5, 0.6) is 0 Å². The van der Waals surface area contributed by atoms with Crippen LogP contribution in [0.2, 0.25) is 0 Å². The van der Waals surface area contributed by atoms with E-state index in [1.165, 1.54) is 0 Å². The normalized spacial score (nSPS) is 25.3. The lowest BCUT2D eigenvalue weighted by atomic mass is 9.98. The first kappa shape index (κ1) is 17.6. The summed E-state index contributed by atoms with van der Waals surface area (Å²) >= 11 is 0. The Balaban J connectivity index is 1.72. The van der Waals surface area contributed by atoms with Crippen LogP contribution in [-0.4, -0.2) is 70.0 Å².